The van der Waals surface area contributed by atoms with Gasteiger partial charge in [-0.05, 0) is 189 Å². The van der Waals surface area contributed by atoms with E-state index in [1.807, 2.05) is 45.9 Å². The van der Waals surface area contributed by atoms with E-state index in [9.17, 15) is 41.9 Å². The number of carbonyl (C=O) groups is 6. The van der Waals surface area contributed by atoms with Crippen molar-refractivity contribution < 1.29 is 56.1 Å². The molecular formula is C91H125F3N18O9. The minimum atomic E-state index is -4.48. The van der Waals surface area contributed by atoms with Crippen molar-refractivity contribution in [2.45, 2.75) is 257 Å². The molecule has 0 saturated carbocycles. The van der Waals surface area contributed by atoms with Gasteiger partial charge in [0.05, 0.1) is 49.8 Å². The lowest BCUT2D eigenvalue weighted by molar-refractivity contribution is -0.141. The third-order valence-electron chi connectivity index (χ3n) is 26.5. The predicted molar refractivity (Wildman–Crippen MR) is 455 cm³/mol. The number of nitrogens with zero attached hydrogens (tertiary/aromatic N) is 18. The Morgan fingerprint density at radius 2 is 0.719 bits per heavy atom. The summed E-state index contributed by atoms with van der Waals surface area (Å²) in [7, 11) is 4.75. The maximum Gasteiger partial charge on any atom is 0.433 e. The van der Waals surface area contributed by atoms with Crippen molar-refractivity contribution in [2.24, 2.45) is 0 Å². The maximum atomic E-state index is 12.6. The number of likely N-dealkylation sites (tertiary alicyclic amines) is 10. The first-order valence-electron chi connectivity index (χ1n) is 43.5. The van der Waals surface area contributed by atoms with Crippen molar-refractivity contribution in [1.29, 1.82) is 0 Å². The number of aromatic nitrogens is 6. The Morgan fingerprint density at radius 1 is 0.372 bits per heavy atom. The summed E-state index contributed by atoms with van der Waals surface area (Å²) in [5.41, 5.74) is 4.38. The van der Waals surface area contributed by atoms with Crippen LogP contribution in [0.1, 0.15) is 208 Å². The van der Waals surface area contributed by atoms with E-state index in [4.69, 9.17) is 14.2 Å². The average Bonchev–Trinajstić information content (AvgIpc) is 0.803. The molecule has 13 saturated heterocycles. The van der Waals surface area contributed by atoms with Crippen molar-refractivity contribution in [3.05, 3.63) is 161 Å². The zero-order valence-corrected chi connectivity index (χ0v) is 73.6. The van der Waals surface area contributed by atoms with Crippen molar-refractivity contribution in [3.63, 3.8) is 0 Å². The highest BCUT2D eigenvalue weighted by molar-refractivity contribution is 5.98. The van der Waals surface area contributed by atoms with E-state index in [1.54, 1.807) is 93.7 Å². The Bertz CT molecular complexity index is 4300. The highest BCUT2D eigenvalue weighted by Gasteiger charge is 2.54. The molecule has 0 aromatic carbocycles. The number of methoxy groups -OCH3 is 3. The largest absolute Gasteiger partial charge is 0.497 e. The monoisotopic (exact) mass is 1670 g/mol. The molecule has 654 valence electrons. The van der Waals surface area contributed by atoms with Crippen LogP contribution < -0.4 is 14.2 Å². The summed E-state index contributed by atoms with van der Waals surface area (Å²) in [4.78, 5) is 126. The second-order valence-electron chi connectivity index (χ2n) is 36.2. The van der Waals surface area contributed by atoms with Gasteiger partial charge in [0.15, 0.2) is 0 Å². The second kappa shape index (κ2) is 38.2. The molecule has 19 rings (SSSR count). The van der Waals surface area contributed by atoms with Crippen LogP contribution in [0.4, 0.5) is 13.2 Å². The number of fused-ring (bicyclic) bond motifs is 12. The van der Waals surface area contributed by atoms with Crippen molar-refractivity contribution in [1.82, 2.24) is 88.7 Å². The van der Waals surface area contributed by atoms with Gasteiger partial charge in [0.1, 0.15) is 28.6 Å². The summed E-state index contributed by atoms with van der Waals surface area (Å²) in [6.07, 6.45) is 14.2. The Balaban J connectivity index is 0.000000125. The molecule has 0 aliphatic carbocycles. The number of alkyl halides is 3. The average molecular weight is 1670 g/mol. The Morgan fingerprint density at radius 3 is 1.04 bits per heavy atom. The number of piperazine rings is 6. The van der Waals surface area contributed by atoms with Gasteiger partial charge in [-0.15, -0.1) is 0 Å². The number of amides is 6. The minimum Gasteiger partial charge on any atom is -0.497 e. The number of hydrogen-bond acceptors (Lipinski definition) is 21. The van der Waals surface area contributed by atoms with Gasteiger partial charge in [0.25, 0.3) is 35.4 Å². The molecule has 12 unspecified atom stereocenters. The molecule has 27 nitrogen and oxygen atoms in total. The lowest BCUT2D eigenvalue weighted by atomic mass is 9.86. The third-order valence-corrected chi connectivity index (χ3v) is 26.5. The first kappa shape index (κ1) is 89.4. The number of rotatable bonds is 16. The van der Waals surface area contributed by atoms with Crippen molar-refractivity contribution in [2.75, 3.05) is 99.9 Å². The smallest absolute Gasteiger partial charge is 0.433 e. The normalized spacial score (nSPS) is 25.6. The van der Waals surface area contributed by atoms with Crippen LogP contribution in [0.3, 0.4) is 0 Å². The summed E-state index contributed by atoms with van der Waals surface area (Å²) in [5.74, 6) is 2.05. The fourth-order valence-electron chi connectivity index (χ4n) is 19.3. The van der Waals surface area contributed by atoms with Gasteiger partial charge in [0.2, 0.25) is 5.88 Å². The zero-order chi connectivity index (χ0) is 86.7. The Hall–Kier alpha value is -9.33. The van der Waals surface area contributed by atoms with Gasteiger partial charge < -0.3 is 43.6 Å². The molecule has 6 aromatic heterocycles. The molecule has 13 aliphatic heterocycles. The van der Waals surface area contributed by atoms with Crippen LogP contribution >= 0.6 is 0 Å². The molecule has 12 atom stereocenters. The van der Waals surface area contributed by atoms with Gasteiger partial charge in [-0.2, -0.15) is 13.2 Å². The number of aryl methyl sites for hydroxylation is 2. The molecule has 19 heterocycles. The molecule has 30 heteroatoms. The minimum absolute atomic E-state index is 0.0357. The molecule has 12 bridgehead atoms. The summed E-state index contributed by atoms with van der Waals surface area (Å²) in [5, 5.41) is 0. The third kappa shape index (κ3) is 19.8. The summed E-state index contributed by atoms with van der Waals surface area (Å²) in [6, 6.07) is 25.7. The number of hydrogen-bond donors (Lipinski definition) is 0. The van der Waals surface area contributed by atoms with Crippen molar-refractivity contribution >= 4 is 35.4 Å². The number of pyridine rings is 6. The standard InChI is InChI=1S/C16H23N3O.C15H18F3N3O.3C15H21N3O2.C15H21N3O/c1-4-13-6-5-12(8-17-13)16(20)19-14-7-15(19)10-18(9-14)11(2)3;1-9(2)20-7-11-5-12(8-20)21(11)14(22)10-3-4-13(19-6-10)15(16,17)18;1-10(2)17-8-12-5-13(9-17)18(12)15(19)11-4-14(20-3)7-16-6-11;1-10(2)17-8-11-6-12(9-17)18(11)15(19)14-7-13(20-3)4-5-16-14;1-10(2)17-8-11-7-12(9-17)18(11)15(19)13-5-4-6-14(16-13)20-3;1-10(2)17-8-13-5-14(9-17)18(13)15(19)12-4-11(3)6-16-7-12/h5-6,8,11,14-15H,4,7,9-10H2,1-3H3;3-4,6,9,11-12H,5,7-8H2,1-2H3;4,6-7,10,12-13H,5,8-9H2,1-3H3;4-5,7,10-12H,6,8-9H2,1-3H3;4-6,10-12H,7-9H2,1-3H3;4,6-7,10,13-14H,5,8-9H2,1-3H3. The van der Waals surface area contributed by atoms with Gasteiger partial charge >= 0.3 is 6.18 Å². The topological polar surface area (TPSA) is 246 Å². The first-order valence-corrected chi connectivity index (χ1v) is 43.5. The molecule has 0 spiro atoms. The van der Waals surface area contributed by atoms with Crippen molar-refractivity contribution in [3.8, 4) is 17.4 Å². The molecule has 6 amide bonds. The predicted octanol–water partition coefficient (Wildman–Crippen LogP) is 10.2. The quantitative estimate of drug-likeness (QED) is 0.0874. The fourth-order valence-corrected chi connectivity index (χ4v) is 19.3. The van der Waals surface area contributed by atoms with Crippen LogP contribution in [0, 0.1) is 6.92 Å². The van der Waals surface area contributed by atoms with E-state index in [-0.39, 0.29) is 53.1 Å². The highest BCUT2D eigenvalue weighted by Crippen LogP contribution is 2.41. The summed E-state index contributed by atoms with van der Waals surface area (Å²) in [6.45, 7) is 42.0. The van der Waals surface area contributed by atoms with Crippen LogP contribution in [0.25, 0.3) is 0 Å². The van der Waals surface area contributed by atoms with E-state index in [0.29, 0.717) is 131 Å². The van der Waals surface area contributed by atoms with Crippen LogP contribution in [0.15, 0.2) is 110 Å². The molecule has 13 aliphatic rings. The van der Waals surface area contributed by atoms with E-state index in [1.165, 1.54) is 6.07 Å². The first-order chi connectivity index (χ1) is 57.7. The second-order valence-corrected chi connectivity index (χ2v) is 36.2. The number of halogens is 3. The van der Waals surface area contributed by atoms with Gasteiger partial charge in [-0.25, -0.2) is 4.98 Å². The van der Waals surface area contributed by atoms with Crippen LogP contribution in [-0.2, 0) is 12.6 Å². The molecule has 13 fully saturated rings. The zero-order valence-electron chi connectivity index (χ0n) is 73.6. The number of piperidine rings is 6. The summed E-state index contributed by atoms with van der Waals surface area (Å²) < 4.78 is 52.9. The molecule has 6 aromatic rings. The molecular weight excluding hydrogens is 1550 g/mol. The van der Waals surface area contributed by atoms with E-state index >= 15 is 0 Å². The van der Waals surface area contributed by atoms with E-state index in [2.05, 4.69) is 159 Å². The SMILES string of the molecule is CC(C)N1CC2CC(C1)N2C(=O)c1ccc(C(F)(F)F)nc1.CCc1ccc(C(=O)N2C3CC2CN(C(C)C)C3)cn1.COc1cccc(C(=O)N2C3CC2CN(C(C)C)C3)n1.COc1ccnc(C(=O)N2C3CC2CN(C(C)C)C3)c1.COc1cncc(C(=O)N2C3CC2CN(C(C)C)C3)c1.Cc1cncc(C(=O)N2C3CC2CN(C(C)C)C3)c1. The van der Waals surface area contributed by atoms with E-state index in [0.717, 1.165) is 158 Å². The highest BCUT2D eigenvalue weighted by atomic mass is 19.4. The Labute approximate surface area is 711 Å². The van der Waals surface area contributed by atoms with Crippen LogP contribution in [0.2, 0.25) is 0 Å². The van der Waals surface area contributed by atoms with Gasteiger partial charge in [0, 0.05) is 242 Å². The lowest BCUT2D eigenvalue weighted by Crippen LogP contribution is -2.70. The summed E-state index contributed by atoms with van der Waals surface area (Å²) >= 11 is 0. The number of ether oxygens (including phenoxy) is 3. The van der Waals surface area contributed by atoms with Gasteiger partial charge in [-0.3, -0.25) is 83.1 Å². The van der Waals surface area contributed by atoms with Crippen LogP contribution in [-0.4, -0.2) is 333 Å². The van der Waals surface area contributed by atoms with E-state index < -0.39 is 11.9 Å². The molecule has 121 heavy (non-hydrogen) atoms. The van der Waals surface area contributed by atoms with Gasteiger partial charge in [-0.1, -0.05) is 13.0 Å². The lowest BCUT2D eigenvalue weighted by Gasteiger charge is -2.57. The molecule has 0 radical (unpaired) electrons. The molecule has 0 N–H and O–H groups in total. The fraction of sp³-hybridized carbons (Fsp3) is 0.604. The number of carbonyl (C=O) groups excluding carboxylic acids is 6. The maximum absolute atomic E-state index is 12.6. The Kier molecular flexibility index (Phi) is 28.2. The van der Waals surface area contributed by atoms with Crippen LogP contribution in [0.5, 0.6) is 17.4 Å².